The molecule has 0 spiro atoms. The Morgan fingerprint density at radius 3 is 2.83 bits per heavy atom. The molecule has 156 valence electrons. The summed E-state index contributed by atoms with van der Waals surface area (Å²) in [6.07, 6.45) is 1.72. The largest absolute Gasteiger partial charge is 0.456 e. The van der Waals surface area contributed by atoms with E-state index in [-0.39, 0.29) is 34.6 Å². The van der Waals surface area contributed by atoms with E-state index >= 15 is 0 Å². The van der Waals surface area contributed by atoms with Gasteiger partial charge in [0.15, 0.2) is 5.43 Å². The number of hydrogen-bond acceptors (Lipinski definition) is 7. The highest BCUT2D eigenvalue weighted by Crippen LogP contribution is 2.26. The molecule has 3 aromatic rings. The minimum absolute atomic E-state index is 0.104. The second-order valence-corrected chi connectivity index (χ2v) is 7.64. The van der Waals surface area contributed by atoms with Gasteiger partial charge in [-0.25, -0.2) is 9.37 Å². The average Bonchev–Trinajstić information content (AvgIpc) is 2.70. The summed E-state index contributed by atoms with van der Waals surface area (Å²) in [4.78, 5) is 44.8. The van der Waals surface area contributed by atoms with E-state index in [0.717, 1.165) is 24.1 Å². The normalized spacial score (nSPS) is 14.3. The molecule has 1 aliphatic heterocycles. The Balaban J connectivity index is 1.66. The van der Waals surface area contributed by atoms with E-state index in [1.54, 1.807) is 0 Å². The Hall–Kier alpha value is -3.40. The molecule has 0 saturated heterocycles. The number of benzene rings is 1. The smallest absolute Gasteiger partial charge is 0.315 e. The fourth-order valence-electron chi connectivity index (χ4n) is 3.62. The zero-order valence-electron chi connectivity index (χ0n) is 16.4. The van der Waals surface area contributed by atoms with Gasteiger partial charge in [0.1, 0.15) is 11.6 Å². The molecule has 1 aliphatic rings. The van der Waals surface area contributed by atoms with E-state index in [1.807, 2.05) is 18.7 Å². The number of rotatable bonds is 4. The molecule has 0 unspecified atom stereocenters. The number of nitrogens with one attached hydrogen (secondary N) is 1. The number of aromatic amines is 1. The number of halogens is 1. The van der Waals surface area contributed by atoms with Gasteiger partial charge in [0.25, 0.3) is 5.56 Å². The molecule has 4 rings (SSSR count). The van der Waals surface area contributed by atoms with Gasteiger partial charge in [-0.1, -0.05) is 13.8 Å². The van der Waals surface area contributed by atoms with Crippen molar-refractivity contribution in [2.24, 2.45) is 0 Å². The first-order valence-electron chi connectivity index (χ1n) is 9.47. The molecule has 1 aromatic carbocycles. The molecule has 0 atom stereocenters. The summed E-state index contributed by atoms with van der Waals surface area (Å²) in [7, 11) is 0. The summed E-state index contributed by atoms with van der Waals surface area (Å²) in [5, 5.41) is 10.9. The second-order valence-electron chi connectivity index (χ2n) is 7.64. The third kappa shape index (κ3) is 3.50. The van der Waals surface area contributed by atoms with Gasteiger partial charge in [0, 0.05) is 37.5 Å². The van der Waals surface area contributed by atoms with Gasteiger partial charge in [-0.05, 0) is 6.07 Å². The van der Waals surface area contributed by atoms with Gasteiger partial charge in [0.05, 0.1) is 33.9 Å². The maximum atomic E-state index is 13.8. The van der Waals surface area contributed by atoms with E-state index in [9.17, 15) is 24.1 Å². The summed E-state index contributed by atoms with van der Waals surface area (Å²) in [6, 6.07) is 1.66. The summed E-state index contributed by atoms with van der Waals surface area (Å²) < 4.78 is 19.1. The van der Waals surface area contributed by atoms with Crippen LogP contribution in [0.25, 0.3) is 11.0 Å². The lowest BCUT2D eigenvalue weighted by molar-refractivity contribution is -0.383. The number of non-ortho nitro benzene ring substituents is 1. The highest BCUT2D eigenvalue weighted by atomic mass is 19.1. The highest BCUT2D eigenvalue weighted by Gasteiger charge is 2.24. The van der Waals surface area contributed by atoms with Crippen molar-refractivity contribution < 1.29 is 13.7 Å². The van der Waals surface area contributed by atoms with Crippen LogP contribution in [0.5, 0.6) is 0 Å². The van der Waals surface area contributed by atoms with Crippen molar-refractivity contribution in [3.05, 3.63) is 77.5 Å². The molecule has 0 saturated carbocycles. The first-order valence-corrected chi connectivity index (χ1v) is 9.47. The summed E-state index contributed by atoms with van der Waals surface area (Å²) in [5.74, 6) is -0.136. The standard InChI is InChI=1S/C20H19FN4O5/c1-10(2)19-22-15-3-4-24(8-14(15)20(27)23-19)7-11-9-30-18-13(17(11)26)5-12(21)6-16(18)25(28)29/h5-6,9-10H,3-4,7-8H2,1-2H3,(H,22,23,27). The number of nitro groups is 1. The van der Waals surface area contributed by atoms with Gasteiger partial charge in [-0.15, -0.1) is 0 Å². The SMILES string of the molecule is CC(C)c1nc2c(c(=O)[nH]1)CN(Cc1coc3c([N+](=O)[O-])cc(F)cc3c1=O)CC2. The number of H-pyrrole nitrogens is 1. The van der Waals surface area contributed by atoms with Crippen LogP contribution in [0, 0.1) is 15.9 Å². The minimum Gasteiger partial charge on any atom is -0.456 e. The maximum absolute atomic E-state index is 13.8. The van der Waals surface area contributed by atoms with Gasteiger partial charge in [-0.2, -0.15) is 0 Å². The molecule has 30 heavy (non-hydrogen) atoms. The predicted molar refractivity (Wildman–Crippen MR) is 106 cm³/mol. The van der Waals surface area contributed by atoms with Crippen LogP contribution in [0.2, 0.25) is 0 Å². The topological polar surface area (TPSA) is 122 Å². The number of nitrogens with zero attached hydrogens (tertiary/aromatic N) is 3. The Morgan fingerprint density at radius 1 is 1.37 bits per heavy atom. The van der Waals surface area contributed by atoms with Crippen LogP contribution < -0.4 is 11.0 Å². The fourth-order valence-corrected chi connectivity index (χ4v) is 3.62. The quantitative estimate of drug-likeness (QED) is 0.514. The van der Waals surface area contributed by atoms with Crippen molar-refractivity contribution >= 4 is 16.7 Å². The van der Waals surface area contributed by atoms with E-state index < -0.39 is 21.9 Å². The molecule has 0 fully saturated rings. The van der Waals surface area contributed by atoms with Crippen molar-refractivity contribution in [3.63, 3.8) is 0 Å². The zero-order chi connectivity index (χ0) is 21.6. The van der Waals surface area contributed by atoms with Crippen LogP contribution in [0.4, 0.5) is 10.1 Å². The molecule has 2 aromatic heterocycles. The van der Waals surface area contributed by atoms with Crippen LogP contribution in [0.1, 0.15) is 42.4 Å². The van der Waals surface area contributed by atoms with Gasteiger partial charge in [0.2, 0.25) is 5.58 Å². The Kier molecular flexibility index (Phi) is 4.94. The van der Waals surface area contributed by atoms with Crippen molar-refractivity contribution in [2.75, 3.05) is 6.54 Å². The van der Waals surface area contributed by atoms with Gasteiger partial charge < -0.3 is 9.40 Å². The van der Waals surface area contributed by atoms with Crippen LogP contribution in [0.3, 0.4) is 0 Å². The lowest BCUT2D eigenvalue weighted by Gasteiger charge is -2.27. The summed E-state index contributed by atoms with van der Waals surface area (Å²) in [5.41, 5.74) is -0.0583. The first-order chi connectivity index (χ1) is 14.2. The third-order valence-corrected chi connectivity index (χ3v) is 5.19. The molecular weight excluding hydrogens is 395 g/mol. The number of fused-ring (bicyclic) bond motifs is 2. The lowest BCUT2D eigenvalue weighted by Crippen LogP contribution is -2.36. The molecular formula is C20H19FN4O5. The van der Waals surface area contributed by atoms with Crippen molar-refractivity contribution in [1.29, 1.82) is 0 Å². The molecule has 3 heterocycles. The highest BCUT2D eigenvalue weighted by molar-refractivity contribution is 5.85. The summed E-state index contributed by atoms with van der Waals surface area (Å²) in [6.45, 7) is 4.93. The maximum Gasteiger partial charge on any atom is 0.315 e. The van der Waals surface area contributed by atoms with Crippen molar-refractivity contribution in [3.8, 4) is 0 Å². The van der Waals surface area contributed by atoms with Crippen LogP contribution >= 0.6 is 0 Å². The average molecular weight is 414 g/mol. The summed E-state index contributed by atoms with van der Waals surface area (Å²) >= 11 is 0. The van der Waals surface area contributed by atoms with Crippen molar-refractivity contribution in [2.45, 2.75) is 39.3 Å². The number of aromatic nitrogens is 2. The Morgan fingerprint density at radius 2 is 2.13 bits per heavy atom. The van der Waals surface area contributed by atoms with E-state index in [4.69, 9.17) is 4.42 Å². The van der Waals surface area contributed by atoms with E-state index in [1.165, 1.54) is 0 Å². The van der Waals surface area contributed by atoms with Crippen LogP contribution in [-0.2, 0) is 19.5 Å². The van der Waals surface area contributed by atoms with Crippen molar-refractivity contribution in [1.82, 2.24) is 14.9 Å². The lowest BCUT2D eigenvalue weighted by atomic mass is 10.0. The molecule has 0 radical (unpaired) electrons. The number of hydrogen-bond donors (Lipinski definition) is 1. The number of nitro benzene ring substituents is 1. The molecule has 1 N–H and O–H groups in total. The van der Waals surface area contributed by atoms with Crippen LogP contribution in [-0.4, -0.2) is 26.3 Å². The molecule has 0 aliphatic carbocycles. The van der Waals surface area contributed by atoms with E-state index in [2.05, 4.69) is 9.97 Å². The Labute approximate surface area is 169 Å². The van der Waals surface area contributed by atoms with Crippen LogP contribution in [0.15, 0.2) is 32.4 Å². The molecule has 9 nitrogen and oxygen atoms in total. The first kappa shape index (κ1) is 19.9. The monoisotopic (exact) mass is 414 g/mol. The third-order valence-electron chi connectivity index (χ3n) is 5.19. The fraction of sp³-hybridized carbons (Fsp3) is 0.350. The molecule has 10 heteroatoms. The Bertz CT molecular complexity index is 1280. The predicted octanol–water partition coefficient (Wildman–Crippen LogP) is 2.61. The second kappa shape index (κ2) is 7.45. The van der Waals surface area contributed by atoms with E-state index in [0.29, 0.717) is 30.9 Å². The van der Waals surface area contributed by atoms with Gasteiger partial charge in [-0.3, -0.25) is 24.6 Å². The minimum atomic E-state index is -0.885. The molecule has 0 amide bonds. The van der Waals surface area contributed by atoms with Gasteiger partial charge >= 0.3 is 5.69 Å². The molecule has 0 bridgehead atoms. The zero-order valence-corrected chi connectivity index (χ0v) is 16.4.